The largest absolute Gasteiger partial charge is 0.462 e. The lowest BCUT2D eigenvalue weighted by Crippen LogP contribution is -2.14. The molecule has 6 nitrogen and oxygen atoms in total. The summed E-state index contributed by atoms with van der Waals surface area (Å²) in [6.45, 7) is 4.31. The number of ether oxygens (including phenoxy) is 1. The molecule has 1 amide bonds. The Balaban J connectivity index is 1.37. The summed E-state index contributed by atoms with van der Waals surface area (Å²) in [5.41, 5.74) is 1.82. The number of aromatic nitrogens is 3. The maximum Gasteiger partial charge on any atom is 0.416 e. The predicted molar refractivity (Wildman–Crippen MR) is 138 cm³/mol. The van der Waals surface area contributed by atoms with Gasteiger partial charge < -0.3 is 10.1 Å². The van der Waals surface area contributed by atoms with Gasteiger partial charge in [-0.15, -0.1) is 5.10 Å². The number of nitrogens with zero attached hydrogens (tertiary/aromatic N) is 3. The first-order valence-electron chi connectivity index (χ1n) is 12.4. The number of hydrogen-bond acceptors (Lipinski definition) is 4. The molecule has 1 aliphatic rings. The number of nitrogens with one attached hydrogen (secondary N) is 1. The second kappa shape index (κ2) is 10.3. The Hall–Kier alpha value is -4.14. The molecular weight excluding hydrogens is 493 g/mol. The van der Waals surface area contributed by atoms with E-state index >= 15 is 0 Å². The van der Waals surface area contributed by atoms with Crippen LogP contribution in [0.1, 0.15) is 37.3 Å². The van der Waals surface area contributed by atoms with Crippen molar-refractivity contribution in [3.05, 3.63) is 90.0 Å². The Bertz CT molecular complexity index is 1420. The third-order valence-corrected chi connectivity index (χ3v) is 6.32. The highest BCUT2D eigenvalue weighted by atomic mass is 19.4. The van der Waals surface area contributed by atoms with Gasteiger partial charge in [0, 0.05) is 17.2 Å². The van der Waals surface area contributed by atoms with Gasteiger partial charge in [-0.1, -0.05) is 56.3 Å². The van der Waals surface area contributed by atoms with Crippen molar-refractivity contribution in [2.45, 2.75) is 32.4 Å². The lowest BCUT2D eigenvalue weighted by Gasteiger charge is -2.10. The van der Waals surface area contributed by atoms with Crippen LogP contribution >= 0.6 is 0 Å². The van der Waals surface area contributed by atoms with Crippen LogP contribution in [0.15, 0.2) is 78.9 Å². The van der Waals surface area contributed by atoms with Gasteiger partial charge in [-0.2, -0.15) is 18.2 Å². The number of anilines is 1. The molecular formula is C29H27F3N4O2. The first-order valence-corrected chi connectivity index (χ1v) is 12.4. The fourth-order valence-corrected chi connectivity index (χ4v) is 4.27. The van der Waals surface area contributed by atoms with Gasteiger partial charge >= 0.3 is 12.2 Å². The summed E-state index contributed by atoms with van der Waals surface area (Å²) in [6, 6.07) is 21.9. The second-order valence-corrected chi connectivity index (χ2v) is 9.81. The van der Waals surface area contributed by atoms with E-state index in [1.807, 2.05) is 44.2 Å². The van der Waals surface area contributed by atoms with E-state index in [-0.39, 0.29) is 41.1 Å². The minimum Gasteiger partial charge on any atom is -0.462 e. The van der Waals surface area contributed by atoms with Crippen molar-refractivity contribution < 1.29 is 22.7 Å². The van der Waals surface area contributed by atoms with Crippen LogP contribution in [0.2, 0.25) is 0 Å². The van der Waals surface area contributed by atoms with E-state index < -0.39 is 11.7 Å². The number of carbonyl (C=O) groups excluding carboxylic acids is 1. The summed E-state index contributed by atoms with van der Waals surface area (Å²) < 4.78 is 47.2. The molecule has 1 heterocycles. The van der Waals surface area contributed by atoms with Gasteiger partial charge in [-0.05, 0) is 60.2 Å². The van der Waals surface area contributed by atoms with Gasteiger partial charge in [0.15, 0.2) is 5.82 Å². The molecule has 3 aromatic carbocycles. The average molecular weight is 521 g/mol. The lowest BCUT2D eigenvalue weighted by molar-refractivity contribution is -0.137. The molecule has 0 aliphatic heterocycles. The Morgan fingerprint density at radius 1 is 1.05 bits per heavy atom. The molecule has 2 atom stereocenters. The fourth-order valence-electron chi connectivity index (χ4n) is 4.27. The minimum absolute atomic E-state index is 0.0404. The highest BCUT2D eigenvalue weighted by molar-refractivity contribution is 5.95. The van der Waals surface area contributed by atoms with E-state index in [0.717, 1.165) is 24.1 Å². The molecule has 0 radical (unpaired) electrons. The third-order valence-electron chi connectivity index (χ3n) is 6.32. The molecule has 196 valence electrons. The first kappa shape index (κ1) is 25.5. The summed E-state index contributed by atoms with van der Waals surface area (Å²) >= 11 is 0. The summed E-state index contributed by atoms with van der Waals surface area (Å²) in [4.78, 5) is 17.1. The van der Waals surface area contributed by atoms with E-state index in [1.165, 1.54) is 10.7 Å². The van der Waals surface area contributed by atoms with Crippen LogP contribution in [0.3, 0.4) is 0 Å². The van der Waals surface area contributed by atoms with Crippen LogP contribution in [-0.4, -0.2) is 27.3 Å². The Kier molecular flexibility index (Phi) is 6.93. The van der Waals surface area contributed by atoms with Gasteiger partial charge in [0.2, 0.25) is 5.91 Å². The van der Waals surface area contributed by atoms with Gasteiger partial charge in [0.25, 0.3) is 0 Å². The smallest absolute Gasteiger partial charge is 0.416 e. The molecule has 0 saturated heterocycles. The van der Waals surface area contributed by atoms with E-state index in [2.05, 4.69) is 15.4 Å². The van der Waals surface area contributed by atoms with Crippen molar-refractivity contribution in [2.75, 3.05) is 11.9 Å². The highest BCUT2D eigenvalue weighted by Crippen LogP contribution is 2.47. The average Bonchev–Trinajstić information content (AvgIpc) is 3.60. The zero-order valence-electron chi connectivity index (χ0n) is 20.9. The van der Waals surface area contributed by atoms with Crippen LogP contribution < -0.4 is 10.1 Å². The molecule has 1 aliphatic carbocycles. The first-order chi connectivity index (χ1) is 18.2. The van der Waals surface area contributed by atoms with Crippen molar-refractivity contribution in [1.29, 1.82) is 0 Å². The van der Waals surface area contributed by atoms with Crippen molar-refractivity contribution >= 4 is 11.6 Å². The van der Waals surface area contributed by atoms with Gasteiger partial charge in [-0.25, -0.2) is 4.68 Å². The van der Waals surface area contributed by atoms with Crippen LogP contribution in [0.25, 0.3) is 17.1 Å². The quantitative estimate of drug-likeness (QED) is 0.280. The van der Waals surface area contributed by atoms with E-state index in [0.29, 0.717) is 18.0 Å². The monoisotopic (exact) mass is 520 g/mol. The third kappa shape index (κ3) is 5.72. The van der Waals surface area contributed by atoms with Gasteiger partial charge in [0.05, 0.1) is 17.9 Å². The summed E-state index contributed by atoms with van der Waals surface area (Å²) in [5.74, 6) is 0.553. The van der Waals surface area contributed by atoms with Crippen LogP contribution in [0.5, 0.6) is 6.01 Å². The zero-order chi connectivity index (χ0) is 26.9. The molecule has 38 heavy (non-hydrogen) atoms. The van der Waals surface area contributed by atoms with Gasteiger partial charge in [-0.3, -0.25) is 4.79 Å². The summed E-state index contributed by atoms with van der Waals surface area (Å²) in [5, 5.41) is 7.36. The van der Waals surface area contributed by atoms with E-state index in [1.54, 1.807) is 30.3 Å². The lowest BCUT2D eigenvalue weighted by atomic mass is 10.1. The predicted octanol–water partition coefficient (Wildman–Crippen LogP) is 6.73. The number of halogens is 3. The number of alkyl halides is 3. The summed E-state index contributed by atoms with van der Waals surface area (Å²) in [6.07, 6.45) is -3.68. The summed E-state index contributed by atoms with van der Waals surface area (Å²) in [7, 11) is 0. The molecule has 1 fully saturated rings. The number of carbonyl (C=O) groups is 1. The Labute approximate surface area is 218 Å². The molecule has 1 N–H and O–H groups in total. The molecule has 1 aromatic heterocycles. The van der Waals surface area contributed by atoms with Crippen molar-refractivity contribution in [3.63, 3.8) is 0 Å². The number of amides is 1. The number of rotatable bonds is 8. The van der Waals surface area contributed by atoms with Crippen LogP contribution in [-0.2, 0) is 11.0 Å². The molecule has 5 rings (SSSR count). The van der Waals surface area contributed by atoms with E-state index in [9.17, 15) is 18.0 Å². The SMILES string of the molecule is CC(C)COc1nc(-c2cccc(C(F)(F)F)c2)n(-c2ccc(NC(=O)C3C[C@H]3c3ccccc3)cc2)n1. The molecule has 4 aromatic rings. The Morgan fingerprint density at radius 2 is 1.79 bits per heavy atom. The molecule has 1 saturated carbocycles. The topological polar surface area (TPSA) is 69.0 Å². The van der Waals surface area contributed by atoms with Crippen molar-refractivity contribution in [3.8, 4) is 23.1 Å². The molecule has 1 unspecified atom stereocenters. The normalized spacial score (nSPS) is 16.9. The number of benzene rings is 3. The fraction of sp³-hybridized carbons (Fsp3) is 0.276. The number of hydrogen-bond donors (Lipinski definition) is 1. The van der Waals surface area contributed by atoms with Crippen LogP contribution in [0.4, 0.5) is 18.9 Å². The van der Waals surface area contributed by atoms with Crippen molar-refractivity contribution in [1.82, 2.24) is 14.8 Å². The maximum absolute atomic E-state index is 13.4. The molecule has 0 bridgehead atoms. The minimum atomic E-state index is -4.49. The highest BCUT2D eigenvalue weighted by Gasteiger charge is 2.43. The maximum atomic E-state index is 13.4. The van der Waals surface area contributed by atoms with E-state index in [4.69, 9.17) is 4.74 Å². The second-order valence-electron chi connectivity index (χ2n) is 9.81. The van der Waals surface area contributed by atoms with Gasteiger partial charge in [0.1, 0.15) is 0 Å². The standard InChI is InChI=1S/C29H27F3N4O2/c1-18(2)17-38-28-34-26(20-9-6-10-21(15-20)29(30,31)32)36(35-28)23-13-11-22(12-14-23)33-27(37)25-16-24(25)19-7-4-3-5-8-19/h3-15,18,24-25H,16-17H2,1-2H3,(H,33,37)/t24-,25?/m0/s1. The van der Waals surface area contributed by atoms with Crippen LogP contribution in [0, 0.1) is 11.8 Å². The van der Waals surface area contributed by atoms with Crippen molar-refractivity contribution in [2.24, 2.45) is 11.8 Å². The molecule has 0 spiro atoms. The molecule has 9 heteroatoms. The Morgan fingerprint density at radius 3 is 2.47 bits per heavy atom. The zero-order valence-corrected chi connectivity index (χ0v) is 20.9.